The molecule has 1 aliphatic carbocycles. The molecule has 3 heteroatoms. The van der Waals surface area contributed by atoms with E-state index >= 15 is 0 Å². The van der Waals surface area contributed by atoms with Crippen LogP contribution in [0.15, 0.2) is 18.5 Å². The lowest BCUT2D eigenvalue weighted by atomic mass is 9.94. The molecule has 1 heterocycles. The molecule has 1 saturated carbocycles. The Morgan fingerprint density at radius 3 is 2.84 bits per heavy atom. The van der Waals surface area contributed by atoms with Crippen LogP contribution in [0.1, 0.15) is 57.1 Å². The van der Waals surface area contributed by atoms with Crippen molar-refractivity contribution in [3.63, 3.8) is 0 Å². The molecule has 0 saturated heterocycles. The maximum absolute atomic E-state index is 5.29. The third-order valence-corrected chi connectivity index (χ3v) is 4.06. The van der Waals surface area contributed by atoms with Gasteiger partial charge in [-0.1, -0.05) is 32.6 Å². The van der Waals surface area contributed by atoms with Crippen molar-refractivity contribution in [3.05, 3.63) is 24.0 Å². The van der Waals surface area contributed by atoms with E-state index in [1.165, 1.54) is 44.1 Å². The van der Waals surface area contributed by atoms with Gasteiger partial charge in [0.2, 0.25) is 0 Å². The Bertz CT molecular complexity index is 375. The Balaban J connectivity index is 2.05. The third kappa shape index (κ3) is 4.20. The Morgan fingerprint density at radius 2 is 2.16 bits per heavy atom. The summed E-state index contributed by atoms with van der Waals surface area (Å²) in [7, 11) is 1.70. The molecular formula is C16H26N2O. The molecule has 0 radical (unpaired) electrons. The SMILES string of the molecule is CCCNC(CC1CCCC1)c1cncc(OC)c1. The Labute approximate surface area is 116 Å². The van der Waals surface area contributed by atoms with Crippen LogP contribution < -0.4 is 10.1 Å². The number of hydrogen-bond donors (Lipinski definition) is 1. The average molecular weight is 262 g/mol. The van der Waals surface area contributed by atoms with Crippen LogP contribution in [0.5, 0.6) is 5.75 Å². The van der Waals surface area contributed by atoms with Crippen molar-refractivity contribution in [1.29, 1.82) is 0 Å². The number of nitrogens with zero attached hydrogens (tertiary/aromatic N) is 1. The van der Waals surface area contributed by atoms with Crippen LogP contribution in [-0.4, -0.2) is 18.6 Å². The van der Waals surface area contributed by atoms with Crippen LogP contribution in [-0.2, 0) is 0 Å². The van der Waals surface area contributed by atoms with Gasteiger partial charge in [0.15, 0.2) is 0 Å². The zero-order valence-corrected chi connectivity index (χ0v) is 12.2. The van der Waals surface area contributed by atoms with Gasteiger partial charge in [-0.15, -0.1) is 0 Å². The molecule has 106 valence electrons. The van der Waals surface area contributed by atoms with Gasteiger partial charge in [-0.25, -0.2) is 0 Å². The standard InChI is InChI=1S/C16H26N2O/c1-3-8-18-16(9-13-6-4-5-7-13)14-10-15(19-2)12-17-11-14/h10-13,16,18H,3-9H2,1-2H3. The lowest BCUT2D eigenvalue weighted by Gasteiger charge is -2.22. The van der Waals surface area contributed by atoms with Crippen LogP contribution in [0.4, 0.5) is 0 Å². The highest BCUT2D eigenvalue weighted by atomic mass is 16.5. The molecule has 0 spiro atoms. The van der Waals surface area contributed by atoms with Crippen molar-refractivity contribution in [3.8, 4) is 5.75 Å². The van der Waals surface area contributed by atoms with Crippen molar-refractivity contribution in [2.45, 2.75) is 51.5 Å². The number of methoxy groups -OCH3 is 1. The van der Waals surface area contributed by atoms with E-state index in [0.29, 0.717) is 6.04 Å². The third-order valence-electron chi connectivity index (χ3n) is 4.06. The first-order valence-electron chi connectivity index (χ1n) is 7.55. The molecule has 0 amide bonds. The van der Waals surface area contributed by atoms with E-state index in [9.17, 15) is 0 Å². The summed E-state index contributed by atoms with van der Waals surface area (Å²) in [5.41, 5.74) is 1.26. The second-order valence-electron chi connectivity index (χ2n) is 5.55. The van der Waals surface area contributed by atoms with Crippen LogP contribution in [0, 0.1) is 5.92 Å². The molecule has 2 rings (SSSR count). The molecule has 1 fully saturated rings. The first-order chi connectivity index (χ1) is 9.33. The summed E-state index contributed by atoms with van der Waals surface area (Å²) in [6, 6.07) is 2.54. The molecule has 1 aromatic heterocycles. The topological polar surface area (TPSA) is 34.2 Å². The Morgan fingerprint density at radius 1 is 1.37 bits per heavy atom. The quantitative estimate of drug-likeness (QED) is 0.813. The minimum Gasteiger partial charge on any atom is -0.495 e. The van der Waals surface area contributed by atoms with Gasteiger partial charge in [-0.3, -0.25) is 4.98 Å². The van der Waals surface area contributed by atoms with Crippen molar-refractivity contribution in [2.75, 3.05) is 13.7 Å². The summed E-state index contributed by atoms with van der Waals surface area (Å²) in [6.45, 7) is 3.28. The summed E-state index contributed by atoms with van der Waals surface area (Å²) in [5, 5.41) is 3.67. The van der Waals surface area contributed by atoms with Crippen molar-refractivity contribution in [1.82, 2.24) is 10.3 Å². The molecule has 0 bridgehead atoms. The zero-order valence-electron chi connectivity index (χ0n) is 12.2. The zero-order chi connectivity index (χ0) is 13.5. The first kappa shape index (κ1) is 14.3. The fourth-order valence-electron chi connectivity index (χ4n) is 2.97. The summed E-state index contributed by atoms with van der Waals surface area (Å²) in [6.07, 6.45) is 11.7. The number of aromatic nitrogens is 1. The van der Waals surface area contributed by atoms with Crippen LogP contribution in [0.2, 0.25) is 0 Å². The maximum Gasteiger partial charge on any atom is 0.137 e. The molecule has 1 atom stereocenters. The second-order valence-corrected chi connectivity index (χ2v) is 5.55. The van der Waals surface area contributed by atoms with E-state index in [0.717, 1.165) is 18.2 Å². The minimum absolute atomic E-state index is 0.422. The highest BCUT2D eigenvalue weighted by Crippen LogP contribution is 2.33. The number of hydrogen-bond acceptors (Lipinski definition) is 3. The van der Waals surface area contributed by atoms with Crippen LogP contribution in [0.25, 0.3) is 0 Å². The molecule has 19 heavy (non-hydrogen) atoms. The highest BCUT2D eigenvalue weighted by molar-refractivity contribution is 5.26. The predicted molar refractivity (Wildman–Crippen MR) is 78.4 cm³/mol. The molecule has 0 aliphatic heterocycles. The van der Waals surface area contributed by atoms with Crippen LogP contribution >= 0.6 is 0 Å². The molecule has 0 aromatic carbocycles. The maximum atomic E-state index is 5.29. The summed E-state index contributed by atoms with van der Waals surface area (Å²) < 4.78 is 5.29. The number of ether oxygens (including phenoxy) is 1. The summed E-state index contributed by atoms with van der Waals surface area (Å²) >= 11 is 0. The highest BCUT2D eigenvalue weighted by Gasteiger charge is 2.21. The average Bonchev–Trinajstić information content (AvgIpc) is 2.96. The number of pyridine rings is 1. The fraction of sp³-hybridized carbons (Fsp3) is 0.688. The normalized spacial score (nSPS) is 17.6. The van der Waals surface area contributed by atoms with E-state index in [2.05, 4.69) is 23.3 Å². The monoisotopic (exact) mass is 262 g/mol. The van der Waals surface area contributed by atoms with Gasteiger partial charge >= 0.3 is 0 Å². The molecular weight excluding hydrogens is 236 g/mol. The smallest absolute Gasteiger partial charge is 0.137 e. The number of rotatable bonds is 7. The van der Waals surface area contributed by atoms with Crippen molar-refractivity contribution in [2.24, 2.45) is 5.92 Å². The fourth-order valence-corrected chi connectivity index (χ4v) is 2.97. The molecule has 1 aliphatic rings. The minimum atomic E-state index is 0.422. The Hall–Kier alpha value is -1.09. The van der Waals surface area contributed by atoms with Gasteiger partial charge in [0.1, 0.15) is 5.75 Å². The largest absolute Gasteiger partial charge is 0.495 e. The lowest BCUT2D eigenvalue weighted by molar-refractivity contribution is 0.388. The molecule has 1 N–H and O–H groups in total. The van der Waals surface area contributed by atoms with Gasteiger partial charge < -0.3 is 10.1 Å². The Kier molecular flexibility index (Phi) is 5.64. The first-order valence-corrected chi connectivity index (χ1v) is 7.55. The summed E-state index contributed by atoms with van der Waals surface area (Å²) in [4.78, 5) is 4.29. The van der Waals surface area contributed by atoms with E-state index in [-0.39, 0.29) is 0 Å². The van der Waals surface area contributed by atoms with E-state index in [1.807, 2.05) is 6.20 Å². The lowest BCUT2D eigenvalue weighted by Crippen LogP contribution is -2.24. The van der Waals surface area contributed by atoms with E-state index < -0.39 is 0 Å². The van der Waals surface area contributed by atoms with Crippen molar-refractivity contribution >= 4 is 0 Å². The number of nitrogens with one attached hydrogen (secondary N) is 1. The van der Waals surface area contributed by atoms with E-state index in [4.69, 9.17) is 4.74 Å². The van der Waals surface area contributed by atoms with Gasteiger partial charge in [0, 0.05) is 12.2 Å². The second kappa shape index (κ2) is 7.49. The van der Waals surface area contributed by atoms with Gasteiger partial charge in [-0.2, -0.15) is 0 Å². The van der Waals surface area contributed by atoms with E-state index in [1.54, 1.807) is 13.3 Å². The van der Waals surface area contributed by atoms with Gasteiger partial charge in [0.05, 0.1) is 13.3 Å². The predicted octanol–water partition coefficient (Wildman–Crippen LogP) is 3.71. The summed E-state index contributed by atoms with van der Waals surface area (Å²) in [5.74, 6) is 1.73. The molecule has 3 nitrogen and oxygen atoms in total. The van der Waals surface area contributed by atoms with Gasteiger partial charge in [-0.05, 0) is 36.9 Å². The molecule has 1 aromatic rings. The van der Waals surface area contributed by atoms with Crippen molar-refractivity contribution < 1.29 is 4.74 Å². The molecule has 1 unspecified atom stereocenters. The van der Waals surface area contributed by atoms with Crippen LogP contribution in [0.3, 0.4) is 0 Å². The van der Waals surface area contributed by atoms with Gasteiger partial charge in [0.25, 0.3) is 0 Å².